The van der Waals surface area contributed by atoms with Crippen molar-refractivity contribution in [2.45, 2.75) is 103 Å². The minimum Gasteiger partial charge on any atom is -0.352 e. The molecule has 0 bridgehead atoms. The van der Waals surface area contributed by atoms with Crippen LogP contribution in [0.2, 0.25) is 0 Å². The van der Waals surface area contributed by atoms with Crippen LogP contribution in [-0.2, 0) is 19.2 Å². The van der Waals surface area contributed by atoms with Gasteiger partial charge in [0.05, 0.1) is 0 Å². The van der Waals surface area contributed by atoms with Gasteiger partial charge in [0, 0.05) is 38.2 Å². The Morgan fingerprint density at radius 1 is 1.02 bits per heavy atom. The van der Waals surface area contributed by atoms with E-state index in [0.29, 0.717) is 38.3 Å². The molecular formula is C31H47F2N5O6. The van der Waals surface area contributed by atoms with E-state index in [1.54, 1.807) is 11.8 Å². The van der Waals surface area contributed by atoms with Crippen LogP contribution < -0.4 is 16.1 Å². The number of nitrogens with zero attached hydrogens (tertiary/aromatic N) is 2. The van der Waals surface area contributed by atoms with E-state index in [1.165, 1.54) is 17.4 Å². The number of carbonyl (C=O) groups is 5. The standard InChI is InChI=1S/C31H47F2N5O6/c1-5-7-8-9-10-13-26(39)38-16-11-12-25(38)31(43)37(4)27(20(3)6-2)30(42)35-24(29(41)36-44)14-15-34-28(40)21-17-22(32)19-23(33)18-21/h17-20,24-25,27,44H,5-16H2,1-4H3,(H,34,40)(H,35,42)(H,36,41)/t20?,24-,25-,27-/m0/s1. The second kappa shape index (κ2) is 18.3. The molecule has 4 atom stereocenters. The quantitative estimate of drug-likeness (QED) is 0.119. The first-order valence-corrected chi connectivity index (χ1v) is 15.5. The lowest BCUT2D eigenvalue weighted by atomic mass is 9.95. The molecule has 246 valence electrons. The number of likely N-dealkylation sites (N-methyl/N-ethyl adjacent to an activating group) is 1. The Morgan fingerprint density at radius 3 is 2.30 bits per heavy atom. The molecule has 1 fully saturated rings. The topological polar surface area (TPSA) is 148 Å². The van der Waals surface area contributed by atoms with Gasteiger partial charge < -0.3 is 20.4 Å². The van der Waals surface area contributed by atoms with Gasteiger partial charge in [0.2, 0.25) is 17.7 Å². The summed E-state index contributed by atoms with van der Waals surface area (Å²) >= 11 is 0. The van der Waals surface area contributed by atoms with E-state index in [9.17, 15) is 38.0 Å². The average molecular weight is 624 g/mol. The molecule has 1 aliphatic rings. The Balaban J connectivity index is 2.08. The van der Waals surface area contributed by atoms with Crippen LogP contribution in [0.3, 0.4) is 0 Å². The van der Waals surface area contributed by atoms with Gasteiger partial charge in [-0.3, -0.25) is 29.2 Å². The summed E-state index contributed by atoms with van der Waals surface area (Å²) in [5.41, 5.74) is 1.23. The maximum Gasteiger partial charge on any atom is 0.265 e. The molecule has 0 spiro atoms. The Bertz CT molecular complexity index is 1130. The summed E-state index contributed by atoms with van der Waals surface area (Å²) in [5, 5.41) is 14.3. The lowest BCUT2D eigenvalue weighted by molar-refractivity contribution is -0.148. The first-order valence-electron chi connectivity index (χ1n) is 15.5. The third-order valence-corrected chi connectivity index (χ3v) is 8.16. The van der Waals surface area contributed by atoms with E-state index in [2.05, 4.69) is 17.6 Å². The Kier molecular flexibility index (Phi) is 15.2. The molecule has 44 heavy (non-hydrogen) atoms. The first kappa shape index (κ1) is 36.6. The number of nitrogens with one attached hydrogen (secondary N) is 3. The van der Waals surface area contributed by atoms with Crippen molar-refractivity contribution in [1.82, 2.24) is 25.9 Å². The van der Waals surface area contributed by atoms with Gasteiger partial charge >= 0.3 is 0 Å². The zero-order chi connectivity index (χ0) is 32.8. The van der Waals surface area contributed by atoms with Crippen LogP contribution in [0.5, 0.6) is 0 Å². The lowest BCUT2D eigenvalue weighted by Gasteiger charge is -2.36. The molecule has 0 aromatic heterocycles. The van der Waals surface area contributed by atoms with Crippen molar-refractivity contribution in [2.75, 3.05) is 20.1 Å². The number of halogens is 2. The minimum absolute atomic E-state index is 0.0713. The molecule has 0 aliphatic carbocycles. The van der Waals surface area contributed by atoms with Crippen molar-refractivity contribution < 1.29 is 38.0 Å². The fourth-order valence-corrected chi connectivity index (χ4v) is 5.48. The third kappa shape index (κ3) is 10.5. The van der Waals surface area contributed by atoms with Crippen molar-refractivity contribution in [3.05, 3.63) is 35.4 Å². The summed E-state index contributed by atoms with van der Waals surface area (Å²) in [5.74, 6) is -5.00. The van der Waals surface area contributed by atoms with Gasteiger partial charge in [0.15, 0.2) is 0 Å². The molecule has 1 aromatic carbocycles. The van der Waals surface area contributed by atoms with Gasteiger partial charge in [-0.15, -0.1) is 0 Å². The highest BCUT2D eigenvalue weighted by molar-refractivity contribution is 5.95. The smallest absolute Gasteiger partial charge is 0.265 e. The van der Waals surface area contributed by atoms with E-state index < -0.39 is 47.5 Å². The van der Waals surface area contributed by atoms with Gasteiger partial charge in [0.25, 0.3) is 11.8 Å². The first-order chi connectivity index (χ1) is 20.9. The third-order valence-electron chi connectivity index (χ3n) is 8.16. The Morgan fingerprint density at radius 2 is 1.68 bits per heavy atom. The van der Waals surface area contributed by atoms with Crippen LogP contribution in [0.15, 0.2) is 18.2 Å². The second-order valence-electron chi connectivity index (χ2n) is 11.4. The van der Waals surface area contributed by atoms with Crippen molar-refractivity contribution in [3.63, 3.8) is 0 Å². The Labute approximate surface area is 258 Å². The molecule has 0 radical (unpaired) electrons. The van der Waals surface area contributed by atoms with Crippen molar-refractivity contribution in [3.8, 4) is 0 Å². The predicted molar refractivity (Wildman–Crippen MR) is 159 cm³/mol. The van der Waals surface area contributed by atoms with Crippen LogP contribution in [0.25, 0.3) is 0 Å². The zero-order valence-electron chi connectivity index (χ0n) is 26.2. The molecule has 1 saturated heterocycles. The number of unbranched alkanes of at least 4 members (excludes halogenated alkanes) is 4. The zero-order valence-corrected chi connectivity index (χ0v) is 26.2. The maximum absolute atomic E-state index is 13.7. The Hall–Kier alpha value is -3.61. The molecule has 1 heterocycles. The highest BCUT2D eigenvalue weighted by Gasteiger charge is 2.40. The largest absolute Gasteiger partial charge is 0.352 e. The summed E-state index contributed by atoms with van der Waals surface area (Å²) < 4.78 is 27.0. The lowest BCUT2D eigenvalue weighted by Crippen LogP contribution is -2.58. The summed E-state index contributed by atoms with van der Waals surface area (Å²) in [7, 11) is 1.50. The maximum atomic E-state index is 13.7. The molecule has 11 nitrogen and oxygen atoms in total. The number of likely N-dealkylation sites (tertiary alicyclic amines) is 1. The molecule has 1 aliphatic heterocycles. The molecular weight excluding hydrogens is 576 g/mol. The summed E-state index contributed by atoms with van der Waals surface area (Å²) in [6.07, 6.45) is 6.90. The number of benzene rings is 1. The van der Waals surface area contributed by atoms with E-state index >= 15 is 0 Å². The number of carbonyl (C=O) groups excluding carboxylic acids is 5. The highest BCUT2D eigenvalue weighted by atomic mass is 19.1. The van der Waals surface area contributed by atoms with Crippen LogP contribution in [0.4, 0.5) is 8.78 Å². The molecule has 5 amide bonds. The van der Waals surface area contributed by atoms with Crippen molar-refractivity contribution in [1.29, 1.82) is 0 Å². The summed E-state index contributed by atoms with van der Waals surface area (Å²) in [4.78, 5) is 67.9. The number of rotatable bonds is 17. The minimum atomic E-state index is -1.30. The average Bonchev–Trinajstić information content (AvgIpc) is 3.49. The van der Waals surface area contributed by atoms with Gasteiger partial charge in [-0.25, -0.2) is 14.3 Å². The second-order valence-corrected chi connectivity index (χ2v) is 11.4. The SMILES string of the molecule is CCCCCCCC(=O)N1CCC[C@H]1C(=O)N(C)[C@H](C(=O)N[C@@H](CCNC(=O)c1cc(F)cc(F)c1)C(=O)NO)C(C)CC. The normalized spacial score (nSPS) is 16.5. The van der Waals surface area contributed by atoms with Crippen molar-refractivity contribution >= 4 is 29.5 Å². The summed E-state index contributed by atoms with van der Waals surface area (Å²) in [6.45, 7) is 6.06. The van der Waals surface area contributed by atoms with Crippen molar-refractivity contribution in [2.24, 2.45) is 5.92 Å². The molecule has 1 aromatic rings. The molecule has 2 rings (SSSR count). The fraction of sp³-hybridized carbons (Fsp3) is 0.645. The number of hydroxylamine groups is 1. The molecule has 1 unspecified atom stereocenters. The van der Waals surface area contributed by atoms with Crippen LogP contribution in [0.1, 0.15) is 95.3 Å². The van der Waals surface area contributed by atoms with E-state index in [-0.39, 0.29) is 36.3 Å². The highest BCUT2D eigenvalue weighted by Crippen LogP contribution is 2.24. The van der Waals surface area contributed by atoms with E-state index in [0.717, 1.165) is 44.2 Å². The number of amides is 5. The molecule has 13 heteroatoms. The van der Waals surface area contributed by atoms with Crippen LogP contribution in [-0.4, -0.2) is 82.8 Å². The van der Waals surface area contributed by atoms with Crippen LogP contribution in [0, 0.1) is 17.6 Å². The fourth-order valence-electron chi connectivity index (χ4n) is 5.48. The van der Waals surface area contributed by atoms with Crippen LogP contribution >= 0.6 is 0 Å². The number of hydrogen-bond acceptors (Lipinski definition) is 6. The summed E-state index contributed by atoms with van der Waals surface area (Å²) in [6, 6.07) is -0.631. The van der Waals surface area contributed by atoms with E-state index in [1.807, 2.05) is 6.92 Å². The van der Waals surface area contributed by atoms with Gasteiger partial charge in [-0.05, 0) is 43.7 Å². The molecule has 4 N–H and O–H groups in total. The van der Waals surface area contributed by atoms with E-state index in [4.69, 9.17) is 0 Å². The van der Waals surface area contributed by atoms with Gasteiger partial charge in [-0.2, -0.15) is 0 Å². The van der Waals surface area contributed by atoms with Gasteiger partial charge in [0.1, 0.15) is 29.8 Å². The number of hydrogen-bond donors (Lipinski definition) is 4. The monoisotopic (exact) mass is 623 g/mol. The molecule has 0 saturated carbocycles. The van der Waals surface area contributed by atoms with Gasteiger partial charge in [-0.1, -0.05) is 52.9 Å². The predicted octanol–water partition coefficient (Wildman–Crippen LogP) is 3.30.